The number of carbonyl (C=O) groups is 1. The molecule has 80 valence electrons. The van der Waals surface area contributed by atoms with Gasteiger partial charge in [-0.05, 0) is 0 Å². The van der Waals surface area contributed by atoms with Crippen LogP contribution in [0.4, 0.5) is 0 Å². The molecule has 6 heteroatoms. The van der Waals surface area contributed by atoms with Crippen molar-refractivity contribution < 1.29 is 4.79 Å². The molecule has 13 heavy (non-hydrogen) atoms. The van der Waals surface area contributed by atoms with Crippen molar-refractivity contribution in [3.63, 3.8) is 0 Å². The summed E-state index contributed by atoms with van der Waals surface area (Å²) in [5, 5.41) is 6.31. The van der Waals surface area contributed by atoms with E-state index in [1.807, 2.05) is 0 Å². The van der Waals surface area contributed by atoms with Gasteiger partial charge in [-0.15, -0.1) is 24.8 Å². The summed E-state index contributed by atoms with van der Waals surface area (Å²) in [6, 6.07) is -0.0289. The zero-order valence-corrected chi connectivity index (χ0v) is 9.50. The lowest BCUT2D eigenvalue weighted by atomic mass is 10.2. The first-order valence-electron chi connectivity index (χ1n) is 3.87. The van der Waals surface area contributed by atoms with E-state index in [1.54, 1.807) is 19.0 Å². The molecule has 0 saturated carbocycles. The van der Waals surface area contributed by atoms with Crippen molar-refractivity contribution in [3.8, 4) is 0 Å². The fourth-order valence-corrected chi connectivity index (χ4v) is 1.14. The Kier molecular flexibility index (Phi) is 8.77. The highest BCUT2D eigenvalue weighted by Crippen LogP contribution is 1.91. The number of piperazine rings is 1. The van der Waals surface area contributed by atoms with Gasteiger partial charge in [-0.3, -0.25) is 4.79 Å². The SMILES string of the molecule is CN(C)C(=O)C1CNCCN1.Cl.Cl. The van der Waals surface area contributed by atoms with E-state index in [0.29, 0.717) is 0 Å². The number of carbonyl (C=O) groups excluding carboxylic acids is 1. The summed E-state index contributed by atoms with van der Waals surface area (Å²) in [5.74, 6) is 0.150. The molecule has 0 aliphatic carbocycles. The van der Waals surface area contributed by atoms with Crippen molar-refractivity contribution in [3.05, 3.63) is 0 Å². The van der Waals surface area contributed by atoms with Crippen molar-refractivity contribution in [2.75, 3.05) is 33.7 Å². The molecule has 1 aliphatic rings. The van der Waals surface area contributed by atoms with E-state index in [9.17, 15) is 4.79 Å². The minimum atomic E-state index is -0.0289. The molecule has 0 bridgehead atoms. The normalized spacial score (nSPS) is 20.9. The number of rotatable bonds is 1. The minimum Gasteiger partial charge on any atom is -0.347 e. The number of hydrogen-bond acceptors (Lipinski definition) is 3. The van der Waals surface area contributed by atoms with Gasteiger partial charge in [0.2, 0.25) is 5.91 Å². The lowest BCUT2D eigenvalue weighted by Gasteiger charge is -2.25. The van der Waals surface area contributed by atoms with Gasteiger partial charge in [0.1, 0.15) is 0 Å². The maximum atomic E-state index is 11.3. The van der Waals surface area contributed by atoms with Crippen molar-refractivity contribution in [1.82, 2.24) is 15.5 Å². The smallest absolute Gasteiger partial charge is 0.240 e. The minimum absolute atomic E-state index is 0. The highest BCUT2D eigenvalue weighted by atomic mass is 35.5. The molecule has 2 N–H and O–H groups in total. The molecule has 0 radical (unpaired) electrons. The average Bonchev–Trinajstić information content (AvgIpc) is 2.05. The standard InChI is InChI=1S/C7H15N3O.2ClH/c1-10(2)7(11)6-5-8-3-4-9-6;;/h6,8-9H,3-5H2,1-2H3;2*1H. The van der Waals surface area contributed by atoms with Crippen LogP contribution in [0.25, 0.3) is 0 Å². The quantitative estimate of drug-likeness (QED) is 0.637. The van der Waals surface area contributed by atoms with Crippen LogP contribution in [-0.4, -0.2) is 50.6 Å². The number of amides is 1. The molecule has 1 rings (SSSR count). The van der Waals surface area contributed by atoms with Gasteiger partial charge in [0, 0.05) is 33.7 Å². The summed E-state index contributed by atoms with van der Waals surface area (Å²) in [5.41, 5.74) is 0. The second-order valence-corrected chi connectivity index (χ2v) is 2.94. The van der Waals surface area contributed by atoms with Crippen molar-refractivity contribution in [1.29, 1.82) is 0 Å². The fraction of sp³-hybridized carbons (Fsp3) is 0.857. The second kappa shape index (κ2) is 7.38. The monoisotopic (exact) mass is 229 g/mol. The van der Waals surface area contributed by atoms with Crippen molar-refractivity contribution >= 4 is 30.7 Å². The summed E-state index contributed by atoms with van der Waals surface area (Å²) in [6.07, 6.45) is 0. The molecule has 1 heterocycles. The van der Waals surface area contributed by atoms with E-state index in [0.717, 1.165) is 19.6 Å². The van der Waals surface area contributed by atoms with Crippen molar-refractivity contribution in [2.24, 2.45) is 0 Å². The van der Waals surface area contributed by atoms with Crippen LogP contribution in [-0.2, 0) is 4.79 Å². The predicted molar refractivity (Wildman–Crippen MR) is 57.9 cm³/mol. The van der Waals surface area contributed by atoms with Gasteiger partial charge < -0.3 is 15.5 Å². The van der Waals surface area contributed by atoms with E-state index < -0.39 is 0 Å². The van der Waals surface area contributed by atoms with Crippen LogP contribution in [0.3, 0.4) is 0 Å². The van der Waals surface area contributed by atoms with E-state index in [-0.39, 0.29) is 36.8 Å². The van der Waals surface area contributed by atoms with Crippen LogP contribution >= 0.6 is 24.8 Å². The highest BCUT2D eigenvalue weighted by molar-refractivity contribution is 5.85. The maximum absolute atomic E-state index is 11.3. The van der Waals surface area contributed by atoms with Gasteiger partial charge >= 0.3 is 0 Å². The lowest BCUT2D eigenvalue weighted by Crippen LogP contribution is -2.55. The fourth-order valence-electron chi connectivity index (χ4n) is 1.14. The molecule has 0 aromatic carbocycles. The Morgan fingerprint density at radius 1 is 1.31 bits per heavy atom. The molecule has 1 saturated heterocycles. The van der Waals surface area contributed by atoms with E-state index in [4.69, 9.17) is 0 Å². The van der Waals surface area contributed by atoms with Crippen LogP contribution in [0.5, 0.6) is 0 Å². The first-order valence-corrected chi connectivity index (χ1v) is 3.87. The number of likely N-dealkylation sites (N-methyl/N-ethyl adjacent to an activating group) is 1. The third-order valence-corrected chi connectivity index (χ3v) is 1.78. The maximum Gasteiger partial charge on any atom is 0.240 e. The summed E-state index contributed by atoms with van der Waals surface area (Å²) >= 11 is 0. The van der Waals surface area contributed by atoms with Gasteiger partial charge in [0.05, 0.1) is 6.04 Å². The first-order chi connectivity index (χ1) is 5.22. The van der Waals surface area contributed by atoms with Crippen LogP contribution < -0.4 is 10.6 Å². The average molecular weight is 230 g/mol. The summed E-state index contributed by atoms with van der Waals surface area (Å²) in [6.45, 7) is 2.58. The van der Waals surface area contributed by atoms with Crippen LogP contribution in [0.1, 0.15) is 0 Å². The van der Waals surface area contributed by atoms with E-state index in [2.05, 4.69) is 10.6 Å². The van der Waals surface area contributed by atoms with Crippen LogP contribution in [0.15, 0.2) is 0 Å². The molecule has 1 amide bonds. The Balaban J connectivity index is 0. The Morgan fingerprint density at radius 3 is 2.31 bits per heavy atom. The molecular formula is C7H17Cl2N3O. The van der Waals surface area contributed by atoms with Crippen LogP contribution in [0, 0.1) is 0 Å². The summed E-state index contributed by atoms with van der Waals surface area (Å²) in [7, 11) is 3.55. The van der Waals surface area contributed by atoms with Gasteiger partial charge in [-0.1, -0.05) is 0 Å². The summed E-state index contributed by atoms with van der Waals surface area (Å²) in [4.78, 5) is 12.9. The highest BCUT2D eigenvalue weighted by Gasteiger charge is 2.20. The molecule has 4 nitrogen and oxygen atoms in total. The van der Waals surface area contributed by atoms with Gasteiger partial charge in [-0.2, -0.15) is 0 Å². The molecule has 1 aliphatic heterocycles. The molecule has 1 unspecified atom stereocenters. The number of hydrogen-bond donors (Lipinski definition) is 2. The molecule has 0 spiro atoms. The summed E-state index contributed by atoms with van der Waals surface area (Å²) < 4.78 is 0. The Morgan fingerprint density at radius 2 is 1.92 bits per heavy atom. The topological polar surface area (TPSA) is 44.4 Å². The van der Waals surface area contributed by atoms with Crippen LogP contribution in [0.2, 0.25) is 0 Å². The van der Waals surface area contributed by atoms with E-state index >= 15 is 0 Å². The molecular weight excluding hydrogens is 213 g/mol. The third kappa shape index (κ3) is 4.67. The first kappa shape index (κ1) is 15.4. The molecule has 0 aromatic heterocycles. The Bertz CT molecular complexity index is 149. The zero-order valence-electron chi connectivity index (χ0n) is 7.87. The third-order valence-electron chi connectivity index (χ3n) is 1.78. The van der Waals surface area contributed by atoms with Gasteiger partial charge in [-0.25, -0.2) is 0 Å². The van der Waals surface area contributed by atoms with E-state index in [1.165, 1.54) is 0 Å². The van der Waals surface area contributed by atoms with Crippen molar-refractivity contribution in [2.45, 2.75) is 6.04 Å². The van der Waals surface area contributed by atoms with Gasteiger partial charge in [0.15, 0.2) is 0 Å². The lowest BCUT2D eigenvalue weighted by molar-refractivity contribution is -0.131. The largest absolute Gasteiger partial charge is 0.347 e. The van der Waals surface area contributed by atoms with Gasteiger partial charge in [0.25, 0.3) is 0 Å². The number of halogens is 2. The zero-order chi connectivity index (χ0) is 8.27. The molecule has 1 fully saturated rings. The second-order valence-electron chi connectivity index (χ2n) is 2.94. The number of nitrogens with zero attached hydrogens (tertiary/aromatic N) is 1. The molecule has 1 atom stereocenters. The molecule has 0 aromatic rings. The predicted octanol–water partition coefficient (Wildman–Crippen LogP) is -0.520. The number of nitrogens with one attached hydrogen (secondary N) is 2. The Labute approximate surface area is 91.3 Å². The Hall–Kier alpha value is -0.0300.